The Morgan fingerprint density at radius 2 is 2.04 bits per heavy atom. The van der Waals surface area contributed by atoms with Crippen molar-refractivity contribution in [2.24, 2.45) is 5.92 Å². The van der Waals surface area contributed by atoms with Gasteiger partial charge in [0.15, 0.2) is 5.69 Å². The van der Waals surface area contributed by atoms with Crippen molar-refractivity contribution in [1.82, 2.24) is 9.88 Å². The van der Waals surface area contributed by atoms with E-state index in [1.54, 1.807) is 5.38 Å². The second kappa shape index (κ2) is 10.7. The van der Waals surface area contributed by atoms with Crippen molar-refractivity contribution in [3.05, 3.63) is 16.1 Å². The van der Waals surface area contributed by atoms with E-state index in [9.17, 15) is 9.59 Å². The molecule has 0 unspecified atom stereocenters. The second-order valence-electron chi connectivity index (χ2n) is 7.12. The first-order chi connectivity index (χ1) is 12.6. The molecule has 0 radical (unpaired) electrons. The van der Waals surface area contributed by atoms with Crippen LogP contribution in [0, 0.1) is 5.92 Å². The third kappa shape index (κ3) is 5.53. The van der Waals surface area contributed by atoms with Crippen LogP contribution in [0.5, 0.6) is 0 Å². The zero-order valence-corrected chi connectivity index (χ0v) is 17.1. The molecule has 0 bridgehead atoms. The minimum atomic E-state index is -0.419. The smallest absolute Gasteiger partial charge is 0.357 e. The summed E-state index contributed by atoms with van der Waals surface area (Å²) < 4.78 is 4.74. The predicted octanol–water partition coefficient (Wildman–Crippen LogP) is 4.81. The van der Waals surface area contributed by atoms with Gasteiger partial charge in [0.25, 0.3) is 0 Å². The Morgan fingerprint density at radius 1 is 1.31 bits per heavy atom. The SMILES string of the molecule is CCCC[C@H](CC)C(=O)N(Cc1nc(C(=O)OC)cs1)C1CCCCC1. The highest BCUT2D eigenvalue weighted by Crippen LogP contribution is 2.28. The number of hydrogen-bond acceptors (Lipinski definition) is 5. The Morgan fingerprint density at radius 3 is 2.65 bits per heavy atom. The quantitative estimate of drug-likeness (QED) is 0.577. The molecule has 1 saturated carbocycles. The molecule has 6 heteroatoms. The van der Waals surface area contributed by atoms with Gasteiger partial charge in [0.2, 0.25) is 5.91 Å². The van der Waals surface area contributed by atoms with Crippen LogP contribution in [0.25, 0.3) is 0 Å². The lowest BCUT2D eigenvalue weighted by Crippen LogP contribution is -2.44. The molecule has 1 heterocycles. The molecule has 1 fully saturated rings. The number of thiazole rings is 1. The van der Waals surface area contributed by atoms with E-state index in [0.29, 0.717) is 18.3 Å². The molecular weight excluding hydrogens is 348 g/mol. The molecule has 0 aromatic carbocycles. The Labute approximate surface area is 161 Å². The van der Waals surface area contributed by atoms with Crippen LogP contribution in [-0.4, -0.2) is 34.9 Å². The summed E-state index contributed by atoms with van der Waals surface area (Å²) in [6.07, 6.45) is 9.82. The van der Waals surface area contributed by atoms with Crippen molar-refractivity contribution in [2.75, 3.05) is 7.11 Å². The van der Waals surface area contributed by atoms with Gasteiger partial charge >= 0.3 is 5.97 Å². The van der Waals surface area contributed by atoms with Crippen molar-refractivity contribution in [3.8, 4) is 0 Å². The summed E-state index contributed by atoms with van der Waals surface area (Å²) in [5.41, 5.74) is 0.335. The van der Waals surface area contributed by atoms with Gasteiger partial charge < -0.3 is 9.64 Å². The van der Waals surface area contributed by atoms with Crippen molar-refractivity contribution in [1.29, 1.82) is 0 Å². The fourth-order valence-corrected chi connectivity index (χ4v) is 4.46. The molecule has 1 aliphatic rings. The second-order valence-corrected chi connectivity index (χ2v) is 8.07. The molecule has 0 N–H and O–H groups in total. The van der Waals surface area contributed by atoms with E-state index in [1.807, 2.05) is 0 Å². The molecule has 2 rings (SSSR count). The molecule has 1 aromatic heterocycles. The van der Waals surface area contributed by atoms with Crippen LogP contribution in [-0.2, 0) is 16.1 Å². The number of carbonyl (C=O) groups excluding carboxylic acids is 2. The summed E-state index contributed by atoms with van der Waals surface area (Å²) in [5.74, 6) is -0.0583. The Balaban J connectivity index is 2.15. The molecule has 0 aliphatic heterocycles. The molecular formula is C20H32N2O3S. The van der Waals surface area contributed by atoms with Gasteiger partial charge in [-0.2, -0.15) is 0 Å². The van der Waals surface area contributed by atoms with Crippen molar-refractivity contribution in [2.45, 2.75) is 84.2 Å². The molecule has 26 heavy (non-hydrogen) atoms. The number of hydrogen-bond donors (Lipinski definition) is 0. The zero-order valence-electron chi connectivity index (χ0n) is 16.3. The maximum atomic E-state index is 13.3. The average molecular weight is 381 g/mol. The first-order valence-electron chi connectivity index (χ1n) is 9.93. The summed E-state index contributed by atoms with van der Waals surface area (Å²) in [5, 5.41) is 2.54. The van der Waals surface area contributed by atoms with E-state index in [2.05, 4.69) is 23.7 Å². The molecule has 1 aromatic rings. The fourth-order valence-electron chi connectivity index (χ4n) is 3.69. The lowest BCUT2D eigenvalue weighted by Gasteiger charge is -2.36. The van der Waals surface area contributed by atoms with Crippen LogP contribution >= 0.6 is 11.3 Å². The standard InChI is InChI=1S/C20H32N2O3S/c1-4-6-10-15(5-2)19(23)22(16-11-8-7-9-12-16)13-18-21-17(14-26-18)20(24)25-3/h14-16H,4-13H2,1-3H3/t15-/m0/s1. The van der Waals surface area contributed by atoms with Gasteiger partial charge in [0, 0.05) is 17.3 Å². The maximum Gasteiger partial charge on any atom is 0.357 e. The lowest BCUT2D eigenvalue weighted by atomic mass is 9.91. The Bertz CT molecular complexity index is 581. The van der Waals surface area contributed by atoms with Crippen molar-refractivity contribution >= 4 is 23.2 Å². The van der Waals surface area contributed by atoms with Gasteiger partial charge in [-0.25, -0.2) is 9.78 Å². The van der Waals surface area contributed by atoms with Crippen LogP contribution in [0.4, 0.5) is 0 Å². The average Bonchev–Trinajstić information content (AvgIpc) is 3.15. The molecule has 1 atom stereocenters. The number of methoxy groups -OCH3 is 1. The number of rotatable bonds is 9. The maximum absolute atomic E-state index is 13.3. The normalized spacial score (nSPS) is 16.3. The van der Waals surface area contributed by atoms with Crippen LogP contribution < -0.4 is 0 Å². The topological polar surface area (TPSA) is 59.5 Å². The molecule has 0 saturated heterocycles. The Kier molecular flexibility index (Phi) is 8.55. The third-order valence-corrected chi connectivity index (χ3v) is 6.13. The van der Waals surface area contributed by atoms with Gasteiger partial charge in [-0.05, 0) is 25.7 Å². The highest BCUT2D eigenvalue weighted by Gasteiger charge is 2.30. The van der Waals surface area contributed by atoms with Crippen LogP contribution in [0.15, 0.2) is 5.38 Å². The first kappa shape index (κ1) is 20.9. The summed E-state index contributed by atoms with van der Waals surface area (Å²) in [4.78, 5) is 31.4. The van der Waals surface area contributed by atoms with Gasteiger partial charge in [0.05, 0.1) is 13.7 Å². The molecule has 1 aliphatic carbocycles. The summed E-state index contributed by atoms with van der Waals surface area (Å²) >= 11 is 1.43. The summed E-state index contributed by atoms with van der Waals surface area (Å²) in [6, 6.07) is 0.303. The van der Waals surface area contributed by atoms with Crippen molar-refractivity contribution < 1.29 is 14.3 Å². The van der Waals surface area contributed by atoms with E-state index < -0.39 is 5.97 Å². The third-order valence-electron chi connectivity index (χ3n) is 5.30. The Hall–Kier alpha value is -1.43. The predicted molar refractivity (Wildman–Crippen MR) is 104 cm³/mol. The van der Waals surface area contributed by atoms with Gasteiger partial charge in [0.1, 0.15) is 5.01 Å². The summed E-state index contributed by atoms with van der Waals surface area (Å²) in [7, 11) is 1.36. The van der Waals surface area contributed by atoms with E-state index >= 15 is 0 Å². The number of aromatic nitrogens is 1. The largest absolute Gasteiger partial charge is 0.464 e. The number of unbranched alkanes of at least 4 members (excludes halogenated alkanes) is 1. The minimum Gasteiger partial charge on any atom is -0.464 e. The van der Waals surface area contributed by atoms with Gasteiger partial charge in [-0.3, -0.25) is 4.79 Å². The molecule has 1 amide bonds. The summed E-state index contributed by atoms with van der Waals surface area (Å²) in [6.45, 7) is 4.78. The molecule has 5 nitrogen and oxygen atoms in total. The van der Waals surface area contributed by atoms with E-state index in [-0.39, 0.29) is 11.8 Å². The van der Waals surface area contributed by atoms with Gasteiger partial charge in [-0.15, -0.1) is 11.3 Å². The zero-order chi connectivity index (χ0) is 18.9. The monoisotopic (exact) mass is 380 g/mol. The molecule has 0 spiro atoms. The van der Waals surface area contributed by atoms with E-state index in [4.69, 9.17) is 4.74 Å². The number of carbonyl (C=O) groups is 2. The first-order valence-corrected chi connectivity index (χ1v) is 10.8. The van der Waals surface area contributed by atoms with E-state index in [1.165, 1.54) is 37.7 Å². The number of ether oxygens (including phenoxy) is 1. The van der Waals surface area contributed by atoms with E-state index in [0.717, 1.165) is 43.5 Å². The fraction of sp³-hybridized carbons (Fsp3) is 0.750. The van der Waals surface area contributed by atoms with Gasteiger partial charge in [-0.1, -0.05) is 46.0 Å². The molecule has 146 valence electrons. The highest BCUT2D eigenvalue weighted by molar-refractivity contribution is 7.09. The van der Waals surface area contributed by atoms with Crippen LogP contribution in [0.2, 0.25) is 0 Å². The van der Waals surface area contributed by atoms with Crippen molar-refractivity contribution in [3.63, 3.8) is 0 Å². The number of nitrogens with zero attached hydrogens (tertiary/aromatic N) is 2. The van der Waals surface area contributed by atoms with Crippen LogP contribution in [0.3, 0.4) is 0 Å². The highest BCUT2D eigenvalue weighted by atomic mass is 32.1. The lowest BCUT2D eigenvalue weighted by molar-refractivity contribution is -0.139. The minimum absolute atomic E-state index is 0.0944. The number of amides is 1. The van der Waals surface area contributed by atoms with Crippen LogP contribution in [0.1, 0.15) is 87.1 Å². The number of esters is 1.